The maximum atomic E-state index is 12.5. The third-order valence-electron chi connectivity index (χ3n) is 4.39. The third kappa shape index (κ3) is 5.21. The van der Waals surface area contributed by atoms with Crippen LogP contribution in [-0.2, 0) is 4.79 Å². The molecule has 2 amide bonds. The van der Waals surface area contributed by atoms with Crippen molar-refractivity contribution in [3.8, 4) is 0 Å². The smallest absolute Gasteiger partial charge is 0.251 e. The zero-order valence-electron chi connectivity index (χ0n) is 14.1. The summed E-state index contributed by atoms with van der Waals surface area (Å²) < 4.78 is 0. The minimum atomic E-state index is -0.597. The first-order chi connectivity index (χ1) is 11.4. The fourth-order valence-electron chi connectivity index (χ4n) is 2.87. The van der Waals surface area contributed by atoms with E-state index in [-0.39, 0.29) is 29.9 Å². The van der Waals surface area contributed by atoms with Crippen LogP contribution < -0.4 is 10.6 Å². The number of rotatable bonds is 5. The van der Waals surface area contributed by atoms with Gasteiger partial charge in [-0.25, -0.2) is 0 Å². The lowest BCUT2D eigenvalue weighted by Crippen LogP contribution is -2.52. The molecule has 24 heavy (non-hydrogen) atoms. The Morgan fingerprint density at radius 1 is 1.12 bits per heavy atom. The summed E-state index contributed by atoms with van der Waals surface area (Å²) in [5.41, 5.74) is 0.471. The molecule has 0 radical (unpaired) electrons. The summed E-state index contributed by atoms with van der Waals surface area (Å²) in [6, 6.07) is 6.03. The Hall–Kier alpha value is -1.59. The van der Waals surface area contributed by atoms with Crippen molar-refractivity contribution in [1.29, 1.82) is 0 Å². The van der Waals surface area contributed by atoms with Crippen molar-refractivity contribution < 1.29 is 14.7 Å². The molecule has 1 atom stereocenters. The van der Waals surface area contributed by atoms with Gasteiger partial charge < -0.3 is 15.7 Å². The van der Waals surface area contributed by atoms with E-state index in [0.29, 0.717) is 23.4 Å². The summed E-state index contributed by atoms with van der Waals surface area (Å²) in [6.07, 6.45) is 2.68. The van der Waals surface area contributed by atoms with E-state index < -0.39 is 6.04 Å². The van der Waals surface area contributed by atoms with Crippen molar-refractivity contribution >= 4 is 23.4 Å². The Labute approximate surface area is 147 Å². The SMILES string of the molecule is CC(C)[C@H](NC(=O)c1ccc(Cl)cc1)C(=O)NC1CCC(O)CC1. The first kappa shape index (κ1) is 18.7. The number of hydrogen-bond donors (Lipinski definition) is 3. The Kier molecular flexibility index (Phi) is 6.63. The lowest BCUT2D eigenvalue weighted by molar-refractivity contribution is -0.125. The first-order valence-electron chi connectivity index (χ1n) is 8.41. The molecule has 0 spiro atoms. The van der Waals surface area contributed by atoms with Crippen LogP contribution in [0.1, 0.15) is 49.9 Å². The highest BCUT2D eigenvalue weighted by atomic mass is 35.5. The van der Waals surface area contributed by atoms with Gasteiger partial charge >= 0.3 is 0 Å². The van der Waals surface area contributed by atoms with Gasteiger partial charge in [-0.05, 0) is 55.9 Å². The van der Waals surface area contributed by atoms with Gasteiger partial charge in [0, 0.05) is 16.6 Å². The molecule has 6 heteroatoms. The minimum Gasteiger partial charge on any atom is -0.393 e. The molecule has 2 rings (SSSR count). The van der Waals surface area contributed by atoms with Crippen LogP contribution in [0.15, 0.2) is 24.3 Å². The largest absolute Gasteiger partial charge is 0.393 e. The number of nitrogens with one attached hydrogen (secondary N) is 2. The highest BCUT2D eigenvalue weighted by molar-refractivity contribution is 6.30. The average molecular weight is 353 g/mol. The summed E-state index contributed by atoms with van der Waals surface area (Å²) in [7, 11) is 0. The van der Waals surface area contributed by atoms with Gasteiger partial charge in [-0.1, -0.05) is 25.4 Å². The normalized spacial score (nSPS) is 22.0. The van der Waals surface area contributed by atoms with Gasteiger partial charge in [-0.3, -0.25) is 9.59 Å². The number of benzene rings is 1. The predicted octanol–water partition coefficient (Wildman–Crippen LogP) is 2.51. The molecule has 1 aromatic carbocycles. The molecule has 1 aromatic rings. The van der Waals surface area contributed by atoms with E-state index >= 15 is 0 Å². The lowest BCUT2D eigenvalue weighted by Gasteiger charge is -2.29. The van der Waals surface area contributed by atoms with Crippen LogP contribution in [0.5, 0.6) is 0 Å². The van der Waals surface area contributed by atoms with Gasteiger partial charge in [0.25, 0.3) is 5.91 Å². The van der Waals surface area contributed by atoms with Crippen LogP contribution in [0, 0.1) is 5.92 Å². The van der Waals surface area contributed by atoms with Crippen LogP contribution in [0.2, 0.25) is 5.02 Å². The van der Waals surface area contributed by atoms with Crippen molar-refractivity contribution in [2.24, 2.45) is 5.92 Å². The van der Waals surface area contributed by atoms with Gasteiger partial charge in [-0.15, -0.1) is 0 Å². The van der Waals surface area contributed by atoms with E-state index in [2.05, 4.69) is 10.6 Å². The molecule has 132 valence electrons. The molecular formula is C18H25ClN2O3. The molecule has 1 saturated carbocycles. The molecule has 0 unspecified atom stereocenters. The Morgan fingerprint density at radius 2 is 1.71 bits per heavy atom. The van der Waals surface area contributed by atoms with E-state index in [1.165, 1.54) is 0 Å². The van der Waals surface area contributed by atoms with E-state index in [0.717, 1.165) is 12.8 Å². The second kappa shape index (κ2) is 8.49. The van der Waals surface area contributed by atoms with E-state index in [1.54, 1.807) is 24.3 Å². The quantitative estimate of drug-likeness (QED) is 0.762. The van der Waals surface area contributed by atoms with Crippen molar-refractivity contribution in [2.45, 2.75) is 57.7 Å². The molecule has 1 aliphatic rings. The summed E-state index contributed by atoms with van der Waals surface area (Å²) in [5.74, 6) is -0.497. The Morgan fingerprint density at radius 3 is 2.25 bits per heavy atom. The van der Waals surface area contributed by atoms with Crippen LogP contribution in [-0.4, -0.2) is 35.1 Å². The fourth-order valence-corrected chi connectivity index (χ4v) is 3.00. The van der Waals surface area contributed by atoms with Gasteiger partial charge in [0.15, 0.2) is 0 Å². The molecule has 5 nitrogen and oxygen atoms in total. The predicted molar refractivity (Wildman–Crippen MR) is 93.9 cm³/mol. The van der Waals surface area contributed by atoms with Crippen LogP contribution in [0.3, 0.4) is 0 Å². The van der Waals surface area contributed by atoms with Gasteiger partial charge in [0.1, 0.15) is 6.04 Å². The number of amides is 2. The van der Waals surface area contributed by atoms with Crippen LogP contribution in [0.25, 0.3) is 0 Å². The molecule has 3 N–H and O–H groups in total. The molecule has 0 bridgehead atoms. The Balaban J connectivity index is 1.96. The van der Waals surface area contributed by atoms with Gasteiger partial charge in [0.05, 0.1) is 6.10 Å². The zero-order chi connectivity index (χ0) is 17.7. The summed E-state index contributed by atoms with van der Waals surface area (Å²) in [5, 5.41) is 15.9. The molecule has 0 aliphatic heterocycles. The van der Waals surface area contributed by atoms with E-state index in [4.69, 9.17) is 11.6 Å². The van der Waals surface area contributed by atoms with Gasteiger partial charge in [0.2, 0.25) is 5.91 Å². The highest BCUT2D eigenvalue weighted by Crippen LogP contribution is 2.19. The minimum absolute atomic E-state index is 0.0320. The van der Waals surface area contributed by atoms with Crippen molar-refractivity contribution in [2.75, 3.05) is 0 Å². The topological polar surface area (TPSA) is 78.4 Å². The Bertz CT molecular complexity index is 566. The zero-order valence-corrected chi connectivity index (χ0v) is 14.8. The van der Waals surface area contributed by atoms with Gasteiger partial charge in [-0.2, -0.15) is 0 Å². The number of carbonyl (C=O) groups is 2. The molecular weight excluding hydrogens is 328 g/mol. The maximum Gasteiger partial charge on any atom is 0.251 e. The fraction of sp³-hybridized carbons (Fsp3) is 0.556. The second-order valence-corrected chi connectivity index (χ2v) is 7.15. The van der Waals surface area contributed by atoms with Crippen LogP contribution >= 0.6 is 11.6 Å². The molecule has 1 fully saturated rings. The second-order valence-electron chi connectivity index (χ2n) is 6.72. The third-order valence-corrected chi connectivity index (χ3v) is 4.64. The average Bonchev–Trinajstić information content (AvgIpc) is 2.54. The molecule has 1 aliphatic carbocycles. The number of aliphatic hydroxyl groups is 1. The number of hydrogen-bond acceptors (Lipinski definition) is 3. The summed E-state index contributed by atoms with van der Waals surface area (Å²) >= 11 is 5.83. The van der Waals surface area contributed by atoms with Crippen molar-refractivity contribution in [3.63, 3.8) is 0 Å². The number of halogens is 1. The summed E-state index contributed by atoms with van der Waals surface area (Å²) in [6.45, 7) is 3.80. The maximum absolute atomic E-state index is 12.5. The van der Waals surface area contributed by atoms with E-state index in [1.807, 2.05) is 13.8 Å². The number of carbonyl (C=O) groups excluding carboxylic acids is 2. The highest BCUT2D eigenvalue weighted by Gasteiger charge is 2.28. The number of aliphatic hydroxyl groups excluding tert-OH is 1. The lowest BCUT2D eigenvalue weighted by atomic mass is 9.92. The molecule has 0 aromatic heterocycles. The standard InChI is InChI=1S/C18H25ClN2O3/c1-11(2)16(18(24)20-14-7-9-15(22)10-8-14)21-17(23)12-3-5-13(19)6-4-12/h3-6,11,14-16,22H,7-10H2,1-2H3,(H,20,24)(H,21,23)/t14?,15?,16-/m0/s1. The van der Waals surface area contributed by atoms with Crippen LogP contribution in [0.4, 0.5) is 0 Å². The molecule has 0 heterocycles. The summed E-state index contributed by atoms with van der Waals surface area (Å²) in [4.78, 5) is 24.9. The van der Waals surface area contributed by atoms with E-state index in [9.17, 15) is 14.7 Å². The monoisotopic (exact) mass is 352 g/mol. The van der Waals surface area contributed by atoms with Crippen molar-refractivity contribution in [3.05, 3.63) is 34.9 Å². The van der Waals surface area contributed by atoms with Crippen molar-refractivity contribution in [1.82, 2.24) is 10.6 Å². The molecule has 0 saturated heterocycles. The first-order valence-corrected chi connectivity index (χ1v) is 8.79.